The van der Waals surface area contributed by atoms with Crippen LogP contribution in [-0.2, 0) is 0 Å². The van der Waals surface area contributed by atoms with E-state index in [2.05, 4.69) is 57.2 Å². The van der Waals surface area contributed by atoms with Gasteiger partial charge in [-0.05, 0) is 50.3 Å². The van der Waals surface area contributed by atoms with Crippen LogP contribution in [0.4, 0.5) is 0 Å². The number of nitrogens with zero attached hydrogens (tertiary/aromatic N) is 1. The summed E-state index contributed by atoms with van der Waals surface area (Å²) in [6, 6.07) is 11.0. The number of hydrogen-bond acceptors (Lipinski definition) is 2. The van der Waals surface area contributed by atoms with E-state index in [0.29, 0.717) is 5.92 Å². The highest BCUT2D eigenvalue weighted by Gasteiger charge is 2.33. The molecule has 20 heavy (non-hydrogen) atoms. The number of hydrogen-bond donors (Lipinski definition) is 1. The highest BCUT2D eigenvalue weighted by Crippen LogP contribution is 2.34. The minimum atomic E-state index is -0.220. The molecule has 0 bridgehead atoms. The Labute approximate surface area is 129 Å². The Balaban J connectivity index is 1.64. The van der Waals surface area contributed by atoms with Gasteiger partial charge in [0.25, 0.3) is 0 Å². The molecule has 2 aliphatic rings. The fraction of sp³-hybridized carbons (Fsp3) is 0.529. The SMILES string of the molecule is O[C@H]1CCC=C(Br)[C@@H]1N1CCC(c2ccccc2)CC1. The fourth-order valence-corrected chi connectivity index (χ4v) is 4.33. The third kappa shape index (κ3) is 3.00. The van der Waals surface area contributed by atoms with Gasteiger partial charge >= 0.3 is 0 Å². The van der Waals surface area contributed by atoms with E-state index in [1.165, 1.54) is 22.9 Å². The van der Waals surface area contributed by atoms with Crippen LogP contribution in [0.2, 0.25) is 0 Å². The predicted octanol–water partition coefficient (Wildman–Crippen LogP) is 3.67. The van der Waals surface area contributed by atoms with E-state index in [-0.39, 0.29) is 12.1 Å². The van der Waals surface area contributed by atoms with Gasteiger partial charge in [0.1, 0.15) is 0 Å². The van der Waals surface area contributed by atoms with E-state index in [4.69, 9.17) is 0 Å². The van der Waals surface area contributed by atoms with Crippen molar-refractivity contribution in [3.8, 4) is 0 Å². The molecule has 0 aromatic heterocycles. The summed E-state index contributed by atoms with van der Waals surface area (Å²) in [5.74, 6) is 0.677. The topological polar surface area (TPSA) is 23.5 Å². The first-order valence-corrected chi connectivity index (χ1v) is 8.37. The molecule has 1 aliphatic heterocycles. The lowest BCUT2D eigenvalue weighted by atomic mass is 9.87. The Morgan fingerprint density at radius 2 is 1.75 bits per heavy atom. The Morgan fingerprint density at radius 3 is 2.40 bits per heavy atom. The number of halogens is 1. The van der Waals surface area contributed by atoms with Crippen molar-refractivity contribution in [3.05, 3.63) is 46.5 Å². The number of piperidine rings is 1. The highest BCUT2D eigenvalue weighted by atomic mass is 79.9. The maximum atomic E-state index is 10.3. The predicted molar refractivity (Wildman–Crippen MR) is 86.0 cm³/mol. The van der Waals surface area contributed by atoms with Crippen LogP contribution in [0.3, 0.4) is 0 Å². The first kappa shape index (κ1) is 14.3. The number of allylic oxidation sites excluding steroid dienone is 1. The summed E-state index contributed by atoms with van der Waals surface area (Å²) in [5, 5.41) is 10.3. The van der Waals surface area contributed by atoms with Crippen LogP contribution in [0, 0.1) is 0 Å². The van der Waals surface area contributed by atoms with Crippen LogP contribution in [-0.4, -0.2) is 35.2 Å². The van der Waals surface area contributed by atoms with Crippen molar-refractivity contribution in [3.63, 3.8) is 0 Å². The van der Waals surface area contributed by atoms with E-state index >= 15 is 0 Å². The zero-order valence-corrected chi connectivity index (χ0v) is 13.3. The molecule has 1 aromatic carbocycles. The molecule has 1 aliphatic carbocycles. The minimum absolute atomic E-state index is 0.181. The monoisotopic (exact) mass is 335 g/mol. The van der Waals surface area contributed by atoms with Gasteiger partial charge in [0.15, 0.2) is 0 Å². The number of benzene rings is 1. The second-order valence-corrected chi connectivity index (χ2v) is 6.82. The highest BCUT2D eigenvalue weighted by molar-refractivity contribution is 9.11. The van der Waals surface area contributed by atoms with Crippen LogP contribution in [0.5, 0.6) is 0 Å². The van der Waals surface area contributed by atoms with Crippen LogP contribution in [0.25, 0.3) is 0 Å². The number of likely N-dealkylation sites (tertiary alicyclic amines) is 1. The summed E-state index contributed by atoms with van der Waals surface area (Å²) in [5.41, 5.74) is 1.46. The zero-order valence-electron chi connectivity index (χ0n) is 11.7. The van der Waals surface area contributed by atoms with Crippen LogP contribution in [0.15, 0.2) is 40.9 Å². The van der Waals surface area contributed by atoms with Gasteiger partial charge in [0.2, 0.25) is 0 Å². The van der Waals surface area contributed by atoms with Gasteiger partial charge in [-0.15, -0.1) is 0 Å². The second-order valence-electron chi connectivity index (χ2n) is 5.90. The molecule has 3 heteroatoms. The van der Waals surface area contributed by atoms with Crippen molar-refractivity contribution in [2.45, 2.75) is 43.7 Å². The number of aliphatic hydroxyl groups excluding tert-OH is 1. The first-order chi connectivity index (χ1) is 9.75. The summed E-state index contributed by atoms with van der Waals surface area (Å²) in [4.78, 5) is 2.45. The van der Waals surface area contributed by atoms with Crippen molar-refractivity contribution in [1.82, 2.24) is 4.90 Å². The third-order valence-corrected chi connectivity index (χ3v) is 5.44. The van der Waals surface area contributed by atoms with Crippen LogP contribution < -0.4 is 0 Å². The minimum Gasteiger partial charge on any atom is -0.391 e. The molecular weight excluding hydrogens is 314 g/mol. The van der Waals surface area contributed by atoms with Gasteiger partial charge in [0, 0.05) is 4.48 Å². The van der Waals surface area contributed by atoms with E-state index in [1.807, 2.05) is 0 Å². The van der Waals surface area contributed by atoms with Gasteiger partial charge < -0.3 is 5.11 Å². The van der Waals surface area contributed by atoms with Crippen molar-refractivity contribution < 1.29 is 5.11 Å². The fourth-order valence-electron chi connectivity index (χ4n) is 3.51. The Kier molecular flexibility index (Phi) is 4.59. The van der Waals surface area contributed by atoms with Gasteiger partial charge in [-0.2, -0.15) is 0 Å². The van der Waals surface area contributed by atoms with Crippen LogP contribution >= 0.6 is 15.9 Å². The van der Waals surface area contributed by atoms with Crippen molar-refractivity contribution in [2.24, 2.45) is 0 Å². The Morgan fingerprint density at radius 1 is 1.05 bits per heavy atom. The molecule has 2 atom stereocenters. The Hall–Kier alpha value is -0.640. The molecule has 0 spiro atoms. The second kappa shape index (κ2) is 6.42. The molecule has 108 valence electrons. The quantitative estimate of drug-likeness (QED) is 0.891. The lowest BCUT2D eigenvalue weighted by Crippen LogP contribution is -2.48. The van der Waals surface area contributed by atoms with E-state index < -0.39 is 0 Å². The number of aliphatic hydroxyl groups is 1. The average Bonchev–Trinajstić information content (AvgIpc) is 2.49. The van der Waals surface area contributed by atoms with Gasteiger partial charge in [-0.25, -0.2) is 0 Å². The first-order valence-electron chi connectivity index (χ1n) is 7.58. The molecular formula is C17H22BrNO. The summed E-state index contributed by atoms with van der Waals surface area (Å²) in [6.07, 6.45) is 6.25. The van der Waals surface area contributed by atoms with Gasteiger partial charge in [-0.3, -0.25) is 4.90 Å². The lowest BCUT2D eigenvalue weighted by molar-refractivity contribution is 0.0483. The molecule has 1 saturated heterocycles. The molecule has 3 rings (SSSR count). The molecule has 0 amide bonds. The van der Waals surface area contributed by atoms with Gasteiger partial charge in [-0.1, -0.05) is 52.3 Å². The largest absolute Gasteiger partial charge is 0.391 e. The smallest absolute Gasteiger partial charge is 0.0745 e. The molecule has 0 radical (unpaired) electrons. The third-order valence-electron chi connectivity index (χ3n) is 4.64. The molecule has 1 N–H and O–H groups in total. The van der Waals surface area contributed by atoms with Crippen molar-refractivity contribution in [1.29, 1.82) is 0 Å². The summed E-state index contributed by atoms with van der Waals surface area (Å²) >= 11 is 3.65. The molecule has 0 saturated carbocycles. The summed E-state index contributed by atoms with van der Waals surface area (Å²) in [7, 11) is 0. The maximum absolute atomic E-state index is 10.3. The summed E-state index contributed by atoms with van der Waals surface area (Å²) < 4.78 is 1.18. The molecule has 0 unspecified atom stereocenters. The van der Waals surface area contributed by atoms with E-state index in [0.717, 1.165) is 25.9 Å². The maximum Gasteiger partial charge on any atom is 0.0745 e. The van der Waals surface area contributed by atoms with Crippen LogP contribution in [0.1, 0.15) is 37.2 Å². The number of rotatable bonds is 2. The van der Waals surface area contributed by atoms with E-state index in [9.17, 15) is 5.11 Å². The summed E-state index contributed by atoms with van der Waals surface area (Å²) in [6.45, 7) is 2.15. The lowest BCUT2D eigenvalue weighted by Gasteiger charge is -2.41. The van der Waals surface area contributed by atoms with Crippen molar-refractivity contribution >= 4 is 15.9 Å². The molecule has 2 nitrogen and oxygen atoms in total. The zero-order chi connectivity index (χ0) is 13.9. The van der Waals surface area contributed by atoms with E-state index in [1.54, 1.807) is 0 Å². The average molecular weight is 336 g/mol. The van der Waals surface area contributed by atoms with Crippen molar-refractivity contribution in [2.75, 3.05) is 13.1 Å². The normalized spacial score (nSPS) is 29.2. The molecule has 1 aromatic rings. The molecule has 1 heterocycles. The standard InChI is InChI=1S/C17H22BrNO/c18-15-7-4-8-16(20)17(15)19-11-9-14(10-12-19)13-5-2-1-3-6-13/h1-3,5-7,14,16-17,20H,4,8-12H2/t16-,17-/m0/s1. The Bertz CT molecular complexity index is 465. The molecule has 1 fully saturated rings. The van der Waals surface area contributed by atoms with Gasteiger partial charge in [0.05, 0.1) is 12.1 Å².